The second kappa shape index (κ2) is 8.43. The fraction of sp³-hybridized carbons (Fsp3) is 0.458. The Bertz CT molecular complexity index is 1410. The maximum Gasteiger partial charge on any atom is 0.330 e. The van der Waals surface area contributed by atoms with Gasteiger partial charge in [0.1, 0.15) is 0 Å². The van der Waals surface area contributed by atoms with Gasteiger partial charge in [-0.2, -0.15) is 5.26 Å². The molecular formula is C24H29N5O3S. The second-order valence-corrected chi connectivity index (χ2v) is 12.3. The van der Waals surface area contributed by atoms with E-state index in [-0.39, 0.29) is 22.6 Å². The number of hydrogen-bond acceptors (Lipinski definition) is 6. The third kappa shape index (κ3) is 4.87. The third-order valence-corrected chi connectivity index (χ3v) is 7.55. The van der Waals surface area contributed by atoms with Crippen molar-refractivity contribution in [3.63, 3.8) is 0 Å². The molecule has 33 heavy (non-hydrogen) atoms. The third-order valence-electron chi connectivity index (χ3n) is 5.94. The van der Waals surface area contributed by atoms with Gasteiger partial charge in [-0.25, -0.2) is 18.2 Å². The van der Waals surface area contributed by atoms with Crippen LogP contribution in [0, 0.1) is 16.7 Å². The highest BCUT2D eigenvalue weighted by molar-refractivity contribution is 7.91. The molecule has 0 amide bonds. The lowest BCUT2D eigenvalue weighted by Crippen LogP contribution is -2.39. The van der Waals surface area contributed by atoms with E-state index in [9.17, 15) is 18.5 Å². The molecule has 0 atom stereocenters. The summed E-state index contributed by atoms with van der Waals surface area (Å²) in [6.45, 7) is 8.45. The van der Waals surface area contributed by atoms with Crippen LogP contribution in [-0.2, 0) is 30.0 Å². The molecular weight excluding hydrogens is 438 g/mol. The van der Waals surface area contributed by atoms with Gasteiger partial charge >= 0.3 is 5.69 Å². The van der Waals surface area contributed by atoms with Crippen LogP contribution in [0.1, 0.15) is 31.9 Å². The van der Waals surface area contributed by atoms with Crippen molar-refractivity contribution in [1.29, 1.82) is 5.26 Å². The van der Waals surface area contributed by atoms with Gasteiger partial charge in [0.2, 0.25) is 0 Å². The first-order valence-corrected chi connectivity index (χ1v) is 12.8. The largest absolute Gasteiger partial charge is 0.330 e. The highest BCUT2D eigenvalue weighted by Gasteiger charge is 2.22. The van der Waals surface area contributed by atoms with E-state index in [1.807, 2.05) is 24.3 Å². The molecule has 9 heteroatoms. The Labute approximate surface area is 194 Å². The van der Waals surface area contributed by atoms with Crippen LogP contribution in [0.2, 0.25) is 0 Å². The Morgan fingerprint density at radius 3 is 2.45 bits per heavy atom. The Morgan fingerprint density at radius 1 is 1.12 bits per heavy atom. The van der Waals surface area contributed by atoms with Gasteiger partial charge in [-0.3, -0.25) is 14.0 Å². The van der Waals surface area contributed by atoms with Crippen LogP contribution in [0.15, 0.2) is 35.1 Å². The van der Waals surface area contributed by atoms with Crippen LogP contribution in [0.25, 0.3) is 22.4 Å². The zero-order valence-electron chi connectivity index (χ0n) is 19.5. The Kier molecular flexibility index (Phi) is 5.93. The van der Waals surface area contributed by atoms with E-state index in [0.717, 1.165) is 11.1 Å². The first-order chi connectivity index (χ1) is 15.5. The van der Waals surface area contributed by atoms with Gasteiger partial charge in [0.05, 0.1) is 34.3 Å². The quantitative estimate of drug-likeness (QED) is 0.585. The minimum absolute atomic E-state index is 0.0626. The molecule has 174 valence electrons. The Balaban J connectivity index is 1.71. The average Bonchev–Trinajstić information content (AvgIpc) is 2.98. The predicted octanol–water partition coefficient (Wildman–Crippen LogP) is 2.55. The molecule has 1 saturated heterocycles. The monoisotopic (exact) mass is 467 g/mol. The standard InChI is InChI=1S/C24H29N5O3S/c1-24(2,3)16-29-21-8-7-20(26-22(21)27(4)23(29)30)19-13-17(5-6-18(19)14-25)15-28-9-11-33(31,32)12-10-28/h5-8,13H,9-12,15-16H2,1-4H3. The Morgan fingerprint density at radius 2 is 1.82 bits per heavy atom. The molecule has 0 radical (unpaired) electrons. The fourth-order valence-corrected chi connectivity index (χ4v) is 5.49. The predicted molar refractivity (Wildman–Crippen MR) is 129 cm³/mol. The van der Waals surface area contributed by atoms with E-state index < -0.39 is 9.84 Å². The summed E-state index contributed by atoms with van der Waals surface area (Å²) in [7, 11) is -1.22. The molecule has 0 saturated carbocycles. The van der Waals surface area contributed by atoms with Crippen molar-refractivity contribution in [2.45, 2.75) is 33.9 Å². The number of sulfone groups is 1. The molecule has 0 bridgehead atoms. The molecule has 0 unspecified atom stereocenters. The molecule has 3 heterocycles. The molecule has 8 nitrogen and oxygen atoms in total. The topological polar surface area (TPSA) is 101 Å². The summed E-state index contributed by atoms with van der Waals surface area (Å²) in [6.07, 6.45) is 0. The average molecular weight is 468 g/mol. The molecule has 1 fully saturated rings. The van der Waals surface area contributed by atoms with E-state index in [1.165, 1.54) is 0 Å². The van der Waals surface area contributed by atoms with Gasteiger partial charge < -0.3 is 0 Å². The molecule has 2 aromatic heterocycles. The fourth-order valence-electron chi connectivity index (χ4n) is 4.22. The van der Waals surface area contributed by atoms with Crippen molar-refractivity contribution in [1.82, 2.24) is 19.0 Å². The van der Waals surface area contributed by atoms with Gasteiger partial charge in [-0.15, -0.1) is 0 Å². The minimum atomic E-state index is -2.93. The molecule has 0 aliphatic carbocycles. The van der Waals surface area contributed by atoms with E-state index in [0.29, 0.717) is 48.6 Å². The first kappa shape index (κ1) is 23.2. The molecule has 1 aliphatic heterocycles. The maximum atomic E-state index is 12.8. The number of nitriles is 1. The van der Waals surface area contributed by atoms with Crippen molar-refractivity contribution >= 4 is 21.0 Å². The maximum absolute atomic E-state index is 12.8. The van der Waals surface area contributed by atoms with E-state index in [1.54, 1.807) is 22.2 Å². The SMILES string of the molecule is Cn1c(=O)n(CC(C)(C)C)c2ccc(-c3cc(CN4CCS(=O)(=O)CC4)ccc3C#N)nc21. The number of nitrogens with zero attached hydrogens (tertiary/aromatic N) is 5. The lowest BCUT2D eigenvalue weighted by molar-refractivity contribution is 0.287. The van der Waals surface area contributed by atoms with Gasteiger partial charge in [-0.05, 0) is 35.2 Å². The smallest absolute Gasteiger partial charge is 0.297 e. The second-order valence-electron chi connectivity index (χ2n) is 9.95. The van der Waals surface area contributed by atoms with Crippen molar-refractivity contribution in [3.8, 4) is 17.3 Å². The Hall–Kier alpha value is -2.96. The number of fused-ring (bicyclic) bond motifs is 1. The number of aromatic nitrogens is 3. The lowest BCUT2D eigenvalue weighted by atomic mass is 9.97. The van der Waals surface area contributed by atoms with E-state index >= 15 is 0 Å². The minimum Gasteiger partial charge on any atom is -0.297 e. The van der Waals surface area contributed by atoms with Crippen LogP contribution in [-0.4, -0.2) is 52.0 Å². The van der Waals surface area contributed by atoms with Crippen LogP contribution >= 0.6 is 0 Å². The van der Waals surface area contributed by atoms with Crippen molar-refractivity contribution in [2.75, 3.05) is 24.6 Å². The summed E-state index contributed by atoms with van der Waals surface area (Å²) < 4.78 is 26.7. The highest BCUT2D eigenvalue weighted by Crippen LogP contribution is 2.27. The molecule has 1 aromatic carbocycles. The van der Waals surface area contributed by atoms with Gasteiger partial charge in [0.15, 0.2) is 15.5 Å². The van der Waals surface area contributed by atoms with Crippen molar-refractivity contribution in [3.05, 3.63) is 51.9 Å². The number of pyridine rings is 1. The number of rotatable bonds is 4. The highest BCUT2D eigenvalue weighted by atomic mass is 32.2. The van der Waals surface area contributed by atoms with Crippen molar-refractivity contribution < 1.29 is 8.42 Å². The zero-order valence-corrected chi connectivity index (χ0v) is 20.3. The summed E-state index contributed by atoms with van der Waals surface area (Å²) in [5.41, 5.74) is 4.01. The first-order valence-electron chi connectivity index (χ1n) is 11.0. The van der Waals surface area contributed by atoms with Gasteiger partial charge in [-0.1, -0.05) is 26.8 Å². The van der Waals surface area contributed by atoms with Crippen LogP contribution in [0.4, 0.5) is 0 Å². The van der Waals surface area contributed by atoms with Crippen LogP contribution in [0.3, 0.4) is 0 Å². The number of benzene rings is 1. The lowest BCUT2D eigenvalue weighted by Gasteiger charge is -2.26. The van der Waals surface area contributed by atoms with Gasteiger partial charge in [0, 0.05) is 38.8 Å². The molecule has 0 N–H and O–H groups in total. The number of imidazole rings is 1. The number of hydrogen-bond donors (Lipinski definition) is 0. The van der Waals surface area contributed by atoms with E-state index in [2.05, 4.69) is 31.7 Å². The van der Waals surface area contributed by atoms with Crippen LogP contribution < -0.4 is 5.69 Å². The summed E-state index contributed by atoms with van der Waals surface area (Å²) >= 11 is 0. The molecule has 0 spiro atoms. The van der Waals surface area contributed by atoms with Gasteiger partial charge in [0.25, 0.3) is 0 Å². The summed E-state index contributed by atoms with van der Waals surface area (Å²) in [6, 6.07) is 11.6. The summed E-state index contributed by atoms with van der Waals surface area (Å²) in [4.78, 5) is 19.7. The summed E-state index contributed by atoms with van der Waals surface area (Å²) in [5, 5.41) is 9.68. The number of aryl methyl sites for hydroxylation is 1. The van der Waals surface area contributed by atoms with Crippen molar-refractivity contribution in [2.24, 2.45) is 12.5 Å². The molecule has 1 aliphatic rings. The molecule has 4 rings (SSSR count). The van der Waals surface area contributed by atoms with E-state index in [4.69, 9.17) is 4.98 Å². The normalized spacial score (nSPS) is 16.7. The zero-order chi connectivity index (χ0) is 24.0. The molecule has 3 aromatic rings. The summed E-state index contributed by atoms with van der Waals surface area (Å²) in [5.74, 6) is 0.349. The van der Waals surface area contributed by atoms with Crippen LogP contribution in [0.5, 0.6) is 0 Å².